The second-order valence-electron chi connectivity index (χ2n) is 7.23. The highest BCUT2D eigenvalue weighted by molar-refractivity contribution is 5.91. The Morgan fingerprint density at radius 3 is 2.52 bits per heavy atom. The van der Waals surface area contributed by atoms with Crippen molar-refractivity contribution in [2.45, 2.75) is 39.0 Å². The maximum Gasteiger partial charge on any atom is 0.244 e. The molecule has 0 aromatic heterocycles. The monoisotopic (exact) mass is 364 g/mol. The van der Waals surface area contributed by atoms with Crippen molar-refractivity contribution in [3.63, 3.8) is 0 Å². The summed E-state index contributed by atoms with van der Waals surface area (Å²) in [5.74, 6) is -0.0922. The number of carbonyl (C=O) groups is 1. The Hall–Kier alpha value is -2.59. The lowest BCUT2D eigenvalue weighted by atomic mass is 10.1. The van der Waals surface area contributed by atoms with Gasteiger partial charge in [-0.2, -0.15) is 0 Å². The van der Waals surface area contributed by atoms with Crippen LogP contribution in [-0.4, -0.2) is 31.2 Å². The van der Waals surface area contributed by atoms with Gasteiger partial charge < -0.3 is 15.0 Å². The third kappa shape index (κ3) is 5.44. The Morgan fingerprint density at radius 1 is 1.11 bits per heavy atom. The van der Waals surface area contributed by atoms with Crippen molar-refractivity contribution in [2.24, 2.45) is 0 Å². The van der Waals surface area contributed by atoms with Crippen molar-refractivity contribution in [1.82, 2.24) is 5.32 Å². The summed E-state index contributed by atoms with van der Waals surface area (Å²) in [6.07, 6.45) is 3.85. The molecular weight excluding hydrogens is 336 g/mol. The molecule has 27 heavy (non-hydrogen) atoms. The summed E-state index contributed by atoms with van der Waals surface area (Å²) < 4.78 is 5.83. The van der Waals surface area contributed by atoms with Crippen molar-refractivity contribution in [3.05, 3.63) is 71.8 Å². The number of anilines is 1. The first-order chi connectivity index (χ1) is 13.0. The normalized spacial score (nSPS) is 21.2. The van der Waals surface area contributed by atoms with Crippen molar-refractivity contribution in [1.29, 1.82) is 0 Å². The highest BCUT2D eigenvalue weighted by Gasteiger charge is 2.22. The van der Waals surface area contributed by atoms with E-state index in [2.05, 4.69) is 48.3 Å². The number of amides is 1. The summed E-state index contributed by atoms with van der Waals surface area (Å²) >= 11 is 0. The molecule has 3 atom stereocenters. The van der Waals surface area contributed by atoms with Crippen LogP contribution in [0.4, 0.5) is 5.69 Å². The average molecular weight is 364 g/mol. The van der Waals surface area contributed by atoms with Gasteiger partial charge in [-0.1, -0.05) is 42.5 Å². The van der Waals surface area contributed by atoms with E-state index in [1.54, 1.807) is 6.08 Å². The SMILES string of the molecule is CC1CN(c2cccc(C(C)NC(=O)C=Cc3ccccc3)c2)CC(C)O1. The average Bonchev–Trinajstić information content (AvgIpc) is 2.66. The lowest BCUT2D eigenvalue weighted by Gasteiger charge is -2.37. The van der Waals surface area contributed by atoms with E-state index >= 15 is 0 Å². The molecule has 1 aliphatic heterocycles. The van der Waals surface area contributed by atoms with Crippen LogP contribution in [0.1, 0.15) is 37.9 Å². The first-order valence-electron chi connectivity index (χ1n) is 9.55. The summed E-state index contributed by atoms with van der Waals surface area (Å²) in [6, 6.07) is 18.2. The number of benzene rings is 2. The van der Waals surface area contributed by atoms with Crippen LogP contribution in [0.15, 0.2) is 60.7 Å². The minimum absolute atomic E-state index is 0.0613. The summed E-state index contributed by atoms with van der Waals surface area (Å²) in [4.78, 5) is 14.6. The Balaban J connectivity index is 1.64. The van der Waals surface area contributed by atoms with Crippen LogP contribution in [-0.2, 0) is 9.53 Å². The molecule has 0 spiro atoms. The minimum atomic E-state index is -0.0922. The smallest absolute Gasteiger partial charge is 0.244 e. The Bertz CT molecular complexity index is 778. The highest BCUT2D eigenvalue weighted by Crippen LogP contribution is 2.24. The molecule has 4 heteroatoms. The fourth-order valence-corrected chi connectivity index (χ4v) is 3.46. The van der Waals surface area contributed by atoms with Crippen molar-refractivity contribution >= 4 is 17.7 Å². The number of rotatable bonds is 5. The first-order valence-corrected chi connectivity index (χ1v) is 9.55. The lowest BCUT2D eigenvalue weighted by Crippen LogP contribution is -2.45. The van der Waals surface area contributed by atoms with E-state index in [-0.39, 0.29) is 24.2 Å². The third-order valence-electron chi connectivity index (χ3n) is 4.74. The number of nitrogens with one attached hydrogen (secondary N) is 1. The van der Waals surface area contributed by atoms with Gasteiger partial charge in [-0.15, -0.1) is 0 Å². The van der Waals surface area contributed by atoms with E-state index < -0.39 is 0 Å². The maximum absolute atomic E-state index is 12.2. The van der Waals surface area contributed by atoms with Gasteiger partial charge in [-0.25, -0.2) is 0 Å². The van der Waals surface area contributed by atoms with Crippen molar-refractivity contribution < 1.29 is 9.53 Å². The number of hydrogen-bond acceptors (Lipinski definition) is 3. The van der Waals surface area contributed by atoms with Gasteiger partial charge in [0.1, 0.15) is 0 Å². The van der Waals surface area contributed by atoms with E-state index in [9.17, 15) is 4.79 Å². The van der Waals surface area contributed by atoms with Crippen LogP contribution < -0.4 is 10.2 Å². The highest BCUT2D eigenvalue weighted by atomic mass is 16.5. The third-order valence-corrected chi connectivity index (χ3v) is 4.74. The zero-order valence-electron chi connectivity index (χ0n) is 16.3. The summed E-state index contributed by atoms with van der Waals surface area (Å²) in [5, 5.41) is 3.05. The molecule has 0 bridgehead atoms. The summed E-state index contributed by atoms with van der Waals surface area (Å²) in [6.45, 7) is 7.99. The summed E-state index contributed by atoms with van der Waals surface area (Å²) in [5.41, 5.74) is 3.29. The van der Waals surface area contributed by atoms with Crippen LogP contribution in [0, 0.1) is 0 Å². The van der Waals surface area contributed by atoms with Gasteiger partial charge in [0.2, 0.25) is 5.91 Å². The molecule has 3 unspecified atom stereocenters. The molecular formula is C23H28N2O2. The first kappa shape index (κ1) is 19.2. The molecule has 2 aromatic rings. The molecule has 2 aromatic carbocycles. The van der Waals surface area contributed by atoms with E-state index in [0.29, 0.717) is 0 Å². The second kappa shape index (κ2) is 8.87. The number of morpholine rings is 1. The molecule has 142 valence electrons. The van der Waals surface area contributed by atoms with Gasteiger partial charge in [-0.05, 0) is 50.1 Å². The van der Waals surface area contributed by atoms with Gasteiger partial charge in [0, 0.05) is 24.9 Å². The number of ether oxygens (including phenoxy) is 1. The Kier molecular flexibility index (Phi) is 6.30. The molecule has 1 N–H and O–H groups in total. The zero-order chi connectivity index (χ0) is 19.2. The van der Waals surface area contributed by atoms with Crippen LogP contribution in [0.5, 0.6) is 0 Å². The van der Waals surface area contributed by atoms with Crippen LogP contribution in [0.2, 0.25) is 0 Å². The van der Waals surface area contributed by atoms with Crippen molar-refractivity contribution in [2.75, 3.05) is 18.0 Å². The Morgan fingerprint density at radius 2 is 1.81 bits per heavy atom. The molecule has 0 radical (unpaired) electrons. The van der Waals surface area contributed by atoms with E-state index in [1.165, 1.54) is 5.69 Å². The van der Waals surface area contributed by atoms with Crippen molar-refractivity contribution in [3.8, 4) is 0 Å². The predicted octanol–water partition coefficient (Wildman–Crippen LogP) is 4.19. The molecule has 1 fully saturated rings. The summed E-state index contributed by atoms with van der Waals surface area (Å²) in [7, 11) is 0. The number of carbonyl (C=O) groups excluding carboxylic acids is 1. The van der Waals surface area contributed by atoms with Gasteiger partial charge in [-0.3, -0.25) is 4.79 Å². The quantitative estimate of drug-likeness (QED) is 0.809. The van der Waals surface area contributed by atoms with Crippen LogP contribution >= 0.6 is 0 Å². The minimum Gasteiger partial charge on any atom is -0.372 e. The molecule has 3 rings (SSSR count). The predicted molar refractivity (Wildman–Crippen MR) is 111 cm³/mol. The zero-order valence-corrected chi connectivity index (χ0v) is 16.3. The molecule has 4 nitrogen and oxygen atoms in total. The number of nitrogens with zero attached hydrogens (tertiary/aromatic N) is 1. The fraction of sp³-hybridized carbons (Fsp3) is 0.348. The van der Waals surface area contributed by atoms with E-state index in [0.717, 1.165) is 24.2 Å². The fourth-order valence-electron chi connectivity index (χ4n) is 3.46. The van der Waals surface area contributed by atoms with E-state index in [1.807, 2.05) is 43.3 Å². The molecule has 1 amide bonds. The molecule has 0 aliphatic carbocycles. The molecule has 0 saturated carbocycles. The van der Waals surface area contributed by atoms with Gasteiger partial charge in [0.05, 0.1) is 18.2 Å². The molecule has 1 heterocycles. The van der Waals surface area contributed by atoms with Crippen LogP contribution in [0.25, 0.3) is 6.08 Å². The van der Waals surface area contributed by atoms with Crippen LogP contribution in [0.3, 0.4) is 0 Å². The van der Waals surface area contributed by atoms with Gasteiger partial charge in [0.25, 0.3) is 0 Å². The maximum atomic E-state index is 12.2. The Labute approximate surface area is 161 Å². The van der Waals surface area contributed by atoms with Gasteiger partial charge >= 0.3 is 0 Å². The largest absolute Gasteiger partial charge is 0.372 e. The number of hydrogen-bond donors (Lipinski definition) is 1. The lowest BCUT2D eigenvalue weighted by molar-refractivity contribution is -0.117. The second-order valence-corrected chi connectivity index (χ2v) is 7.23. The standard InChI is InChI=1S/C23H28N2O2/c1-17-15-25(16-18(2)27-17)22-11-7-10-21(14-22)19(3)24-23(26)13-12-20-8-5-4-6-9-20/h4-14,17-19H,15-16H2,1-3H3,(H,24,26). The van der Waals surface area contributed by atoms with Gasteiger partial charge in [0.15, 0.2) is 0 Å². The molecule has 1 saturated heterocycles. The molecule has 1 aliphatic rings. The topological polar surface area (TPSA) is 41.6 Å². The van der Waals surface area contributed by atoms with E-state index in [4.69, 9.17) is 4.74 Å².